The second-order valence-corrected chi connectivity index (χ2v) is 11.8. The minimum Gasteiger partial charge on any atom is -0.378 e. The fraction of sp³-hybridized carbons (Fsp3) is 0.440. The molecule has 1 saturated heterocycles. The first-order valence-electron chi connectivity index (χ1n) is 10.7. The number of hydrogen-bond acceptors (Lipinski definition) is 5. The van der Waals surface area contributed by atoms with Gasteiger partial charge in [0.1, 0.15) is 5.60 Å². The van der Waals surface area contributed by atoms with Gasteiger partial charge in [-0.15, -0.1) is 29.4 Å². The molecule has 2 heterocycles. The van der Waals surface area contributed by atoms with Gasteiger partial charge in [0.25, 0.3) is 0 Å². The molecule has 4 rings (SSSR count). The van der Waals surface area contributed by atoms with E-state index in [1.165, 1.54) is 6.42 Å². The summed E-state index contributed by atoms with van der Waals surface area (Å²) < 4.78 is -0.339. The van der Waals surface area contributed by atoms with Crippen LogP contribution in [0.25, 0.3) is 0 Å². The summed E-state index contributed by atoms with van der Waals surface area (Å²) in [6, 6.07) is 17.0. The largest absolute Gasteiger partial charge is 0.378 e. The van der Waals surface area contributed by atoms with Crippen molar-refractivity contribution in [3.8, 4) is 11.8 Å². The van der Waals surface area contributed by atoms with E-state index in [1.54, 1.807) is 11.8 Å². The van der Waals surface area contributed by atoms with Crippen molar-refractivity contribution in [3.63, 3.8) is 0 Å². The average molecular weight is 456 g/mol. The van der Waals surface area contributed by atoms with Gasteiger partial charge in [0, 0.05) is 27.3 Å². The Morgan fingerprint density at radius 2 is 1.63 bits per heavy atom. The summed E-state index contributed by atoms with van der Waals surface area (Å²) in [7, 11) is 1.97. The topological polar surface area (TPSA) is 32.3 Å². The number of hydrogen-bond donors (Lipinski definition) is 2. The van der Waals surface area contributed by atoms with E-state index in [0.29, 0.717) is 0 Å². The Morgan fingerprint density at radius 3 is 2.20 bits per heavy atom. The molecular weight excluding hydrogens is 426 g/mol. The Morgan fingerprint density at radius 1 is 1.03 bits per heavy atom. The quantitative estimate of drug-likeness (QED) is 0.562. The molecule has 2 nitrogen and oxygen atoms in total. The van der Waals surface area contributed by atoms with Gasteiger partial charge in [-0.2, -0.15) is 0 Å². The van der Waals surface area contributed by atoms with Crippen LogP contribution in [0.4, 0.5) is 0 Å². The SMILES string of the molecule is CCC(C#CCCC1(C2(O)c3ccccc3Sc3ccccc32)SCCCS1)NC. The molecule has 0 bridgehead atoms. The number of benzene rings is 2. The third-order valence-electron chi connectivity index (χ3n) is 5.90. The highest BCUT2D eigenvalue weighted by atomic mass is 32.2. The molecule has 5 heteroatoms. The van der Waals surface area contributed by atoms with E-state index < -0.39 is 5.60 Å². The lowest BCUT2D eigenvalue weighted by Gasteiger charge is -2.51. The van der Waals surface area contributed by atoms with E-state index in [-0.39, 0.29) is 10.1 Å². The van der Waals surface area contributed by atoms with Crippen molar-refractivity contribution in [3.05, 3.63) is 59.7 Å². The van der Waals surface area contributed by atoms with E-state index in [0.717, 1.165) is 51.7 Å². The summed E-state index contributed by atoms with van der Waals surface area (Å²) in [6.07, 6.45) is 3.84. The van der Waals surface area contributed by atoms with Crippen molar-refractivity contribution >= 4 is 35.3 Å². The van der Waals surface area contributed by atoms with Gasteiger partial charge >= 0.3 is 0 Å². The minimum absolute atomic E-state index is 0.239. The lowest BCUT2D eigenvalue weighted by molar-refractivity contribution is 0.0578. The summed E-state index contributed by atoms with van der Waals surface area (Å²) in [6.45, 7) is 2.15. The molecule has 0 amide bonds. The lowest BCUT2D eigenvalue weighted by atomic mass is 9.80. The molecule has 0 aliphatic carbocycles. The molecule has 0 saturated carbocycles. The molecule has 1 fully saturated rings. The maximum atomic E-state index is 12.6. The van der Waals surface area contributed by atoms with E-state index in [9.17, 15) is 5.11 Å². The standard InChI is InChI=1S/C25H29NOS3/c1-3-19(26-2)11-8-9-16-24(28-17-10-18-29-24)25(27)20-12-4-6-14-22(20)30-23-15-7-5-13-21(23)25/h4-7,12-15,19,26-27H,3,9-10,16-18H2,1-2H3. The van der Waals surface area contributed by atoms with Crippen LogP contribution < -0.4 is 5.32 Å². The molecule has 158 valence electrons. The Kier molecular flexibility index (Phi) is 7.12. The van der Waals surface area contributed by atoms with Crippen molar-refractivity contribution in [2.24, 2.45) is 0 Å². The molecule has 0 spiro atoms. The van der Waals surface area contributed by atoms with Gasteiger partial charge in [-0.1, -0.05) is 61.0 Å². The van der Waals surface area contributed by atoms with Gasteiger partial charge in [-0.25, -0.2) is 0 Å². The van der Waals surface area contributed by atoms with Crippen LogP contribution in [-0.2, 0) is 5.60 Å². The maximum Gasteiger partial charge on any atom is 0.140 e. The van der Waals surface area contributed by atoms with Crippen LogP contribution in [0.2, 0.25) is 0 Å². The zero-order valence-corrected chi connectivity index (χ0v) is 20.1. The predicted octanol–water partition coefficient (Wildman–Crippen LogP) is 5.74. The van der Waals surface area contributed by atoms with Crippen molar-refractivity contribution < 1.29 is 5.11 Å². The fourth-order valence-corrected chi connectivity index (χ4v) is 9.08. The van der Waals surface area contributed by atoms with Gasteiger partial charge in [-0.05, 0) is 49.9 Å². The number of rotatable bonds is 5. The fourth-order valence-electron chi connectivity index (χ4n) is 4.29. The molecule has 1 unspecified atom stereocenters. The highest BCUT2D eigenvalue weighted by molar-refractivity contribution is 8.18. The number of thioether (sulfide) groups is 2. The Hall–Kier alpha value is -1.03. The monoisotopic (exact) mass is 455 g/mol. The summed E-state index contributed by atoms with van der Waals surface area (Å²) in [5.41, 5.74) is 1.06. The van der Waals surface area contributed by atoms with Gasteiger partial charge in [0.2, 0.25) is 0 Å². The highest BCUT2D eigenvalue weighted by Crippen LogP contribution is 2.63. The van der Waals surface area contributed by atoms with E-state index in [2.05, 4.69) is 72.6 Å². The number of nitrogens with one attached hydrogen (secondary N) is 1. The zero-order valence-electron chi connectivity index (χ0n) is 17.6. The normalized spacial score (nSPS) is 19.7. The van der Waals surface area contributed by atoms with Crippen LogP contribution in [0.1, 0.15) is 43.7 Å². The Labute approximate surface area is 193 Å². The summed E-state index contributed by atoms with van der Waals surface area (Å²) in [5.74, 6) is 8.93. The molecule has 1 atom stereocenters. The molecule has 0 aromatic heterocycles. The molecule has 2 aromatic rings. The van der Waals surface area contributed by atoms with Gasteiger partial charge in [-0.3, -0.25) is 0 Å². The highest BCUT2D eigenvalue weighted by Gasteiger charge is 2.56. The molecule has 2 N–H and O–H groups in total. The van der Waals surface area contributed by atoms with Gasteiger partial charge < -0.3 is 10.4 Å². The molecule has 0 radical (unpaired) electrons. The van der Waals surface area contributed by atoms with Crippen molar-refractivity contribution in [2.75, 3.05) is 18.6 Å². The smallest absolute Gasteiger partial charge is 0.140 e. The van der Waals surface area contributed by atoms with Crippen molar-refractivity contribution in [1.82, 2.24) is 5.32 Å². The van der Waals surface area contributed by atoms with E-state index in [1.807, 2.05) is 30.6 Å². The third kappa shape index (κ3) is 3.94. The lowest BCUT2D eigenvalue weighted by Crippen LogP contribution is -2.51. The summed E-state index contributed by atoms with van der Waals surface area (Å²) in [5, 5.41) is 15.9. The van der Waals surface area contributed by atoms with Crippen LogP contribution in [0, 0.1) is 11.8 Å². The first kappa shape index (κ1) is 22.2. The van der Waals surface area contributed by atoms with Crippen molar-refractivity contribution in [2.45, 2.75) is 58.1 Å². The number of aliphatic hydroxyl groups is 1. The summed E-state index contributed by atoms with van der Waals surface area (Å²) in [4.78, 5) is 2.33. The predicted molar refractivity (Wildman–Crippen MR) is 132 cm³/mol. The summed E-state index contributed by atoms with van der Waals surface area (Å²) >= 11 is 5.64. The van der Waals surface area contributed by atoms with Gasteiger partial charge in [0.15, 0.2) is 0 Å². The van der Waals surface area contributed by atoms with Gasteiger partial charge in [0.05, 0.1) is 10.1 Å². The van der Waals surface area contributed by atoms with Crippen LogP contribution >= 0.6 is 35.3 Å². The van der Waals surface area contributed by atoms with Crippen LogP contribution in [0.5, 0.6) is 0 Å². The second kappa shape index (κ2) is 9.63. The Balaban J connectivity index is 1.77. The van der Waals surface area contributed by atoms with E-state index in [4.69, 9.17) is 0 Å². The number of fused-ring (bicyclic) bond motifs is 2. The average Bonchev–Trinajstić information content (AvgIpc) is 2.80. The van der Waals surface area contributed by atoms with Crippen LogP contribution in [0.15, 0.2) is 58.3 Å². The molecular formula is C25H29NOS3. The minimum atomic E-state index is -1.03. The second-order valence-electron chi connectivity index (χ2n) is 7.68. The van der Waals surface area contributed by atoms with Crippen molar-refractivity contribution in [1.29, 1.82) is 0 Å². The molecule has 30 heavy (non-hydrogen) atoms. The van der Waals surface area contributed by atoms with Crippen LogP contribution in [-0.4, -0.2) is 33.8 Å². The molecule has 2 aromatic carbocycles. The maximum absolute atomic E-state index is 12.6. The molecule has 2 aliphatic rings. The first-order valence-corrected chi connectivity index (χ1v) is 13.5. The molecule has 2 aliphatic heterocycles. The third-order valence-corrected chi connectivity index (χ3v) is 10.7. The zero-order chi connectivity index (χ0) is 21.0. The van der Waals surface area contributed by atoms with Crippen LogP contribution in [0.3, 0.4) is 0 Å². The Bertz CT molecular complexity index is 893. The first-order chi connectivity index (χ1) is 14.6. The van der Waals surface area contributed by atoms with E-state index >= 15 is 0 Å².